The van der Waals surface area contributed by atoms with E-state index in [1.807, 2.05) is 31.2 Å². The van der Waals surface area contributed by atoms with E-state index in [2.05, 4.69) is 12.1 Å². The number of aliphatic carboxylic acids is 1. The van der Waals surface area contributed by atoms with Gasteiger partial charge in [0.25, 0.3) is 5.60 Å². The molecular weight excluding hydrogens is 425 g/mol. The molecule has 1 heterocycles. The molecule has 7 heteroatoms. The van der Waals surface area contributed by atoms with Crippen molar-refractivity contribution in [3.63, 3.8) is 0 Å². The third kappa shape index (κ3) is 4.97. The second-order valence-electron chi connectivity index (χ2n) is 7.57. The van der Waals surface area contributed by atoms with Crippen molar-refractivity contribution in [2.45, 2.75) is 57.8 Å². The van der Waals surface area contributed by atoms with Crippen molar-refractivity contribution in [1.82, 2.24) is 0 Å². The molecule has 0 bridgehead atoms. The fraction of sp³-hybridized carbons (Fsp3) is 0.391. The Balaban J connectivity index is 1.93. The molecule has 0 aliphatic carbocycles. The molecule has 5 nitrogen and oxygen atoms in total. The largest absolute Gasteiger partial charge is 0.478 e. The van der Waals surface area contributed by atoms with Gasteiger partial charge in [-0.15, -0.1) is 0 Å². The van der Waals surface area contributed by atoms with Crippen LogP contribution >= 0.6 is 23.2 Å². The van der Waals surface area contributed by atoms with Gasteiger partial charge in [0.05, 0.1) is 22.4 Å². The fourth-order valence-corrected chi connectivity index (χ4v) is 3.74. The summed E-state index contributed by atoms with van der Waals surface area (Å²) < 4.78 is 6.17. The summed E-state index contributed by atoms with van der Waals surface area (Å²) in [6.45, 7) is 4.29. The van der Waals surface area contributed by atoms with Crippen LogP contribution in [0.15, 0.2) is 47.6 Å². The lowest BCUT2D eigenvalue weighted by Gasteiger charge is -2.31. The minimum atomic E-state index is -1.66. The van der Waals surface area contributed by atoms with E-state index in [4.69, 9.17) is 32.8 Å². The van der Waals surface area contributed by atoms with E-state index in [0.29, 0.717) is 22.0 Å². The number of rotatable bonds is 9. The number of benzene rings is 2. The Hall–Kier alpha value is -2.08. The summed E-state index contributed by atoms with van der Waals surface area (Å²) in [6.07, 6.45) is 1.83. The molecule has 0 amide bonds. The average molecular weight is 450 g/mol. The van der Waals surface area contributed by atoms with Crippen LogP contribution in [-0.4, -0.2) is 22.4 Å². The molecule has 2 unspecified atom stereocenters. The maximum absolute atomic E-state index is 12.4. The summed E-state index contributed by atoms with van der Waals surface area (Å²) in [5, 5.41) is 15.0. The number of aryl methyl sites for hydroxylation is 1. The molecule has 1 N–H and O–H groups in total. The number of nitrogens with zero attached hydrogens (tertiary/aromatic N) is 1. The van der Waals surface area contributed by atoms with Crippen LogP contribution in [0.2, 0.25) is 10.0 Å². The average Bonchev–Trinajstić information content (AvgIpc) is 3.16. The van der Waals surface area contributed by atoms with Gasteiger partial charge in [-0.25, -0.2) is 4.79 Å². The Bertz CT molecular complexity index is 929. The Kier molecular flexibility index (Phi) is 7.40. The molecule has 0 saturated heterocycles. The van der Waals surface area contributed by atoms with Crippen LogP contribution in [0.4, 0.5) is 0 Å². The maximum Gasteiger partial charge on any atom is 0.354 e. The van der Waals surface area contributed by atoms with Gasteiger partial charge in [0, 0.05) is 6.42 Å². The highest BCUT2D eigenvalue weighted by Crippen LogP contribution is 2.42. The van der Waals surface area contributed by atoms with Crippen LogP contribution < -0.4 is 0 Å². The van der Waals surface area contributed by atoms with E-state index in [0.717, 1.165) is 29.7 Å². The van der Waals surface area contributed by atoms with Crippen molar-refractivity contribution in [2.75, 3.05) is 0 Å². The highest BCUT2D eigenvalue weighted by atomic mass is 35.5. The molecule has 2 atom stereocenters. The molecule has 0 saturated carbocycles. The lowest BCUT2D eigenvalue weighted by Crippen LogP contribution is -2.46. The predicted octanol–water partition coefficient (Wildman–Crippen LogP) is 6.35. The maximum atomic E-state index is 12.4. The SMILES string of the molecule is CCCCC1=NOC(C(=O)O)(C(OCc2ccc(C)cc2)c2ccc(Cl)c(Cl)c2)C1. The van der Waals surface area contributed by atoms with E-state index in [-0.39, 0.29) is 13.0 Å². The van der Waals surface area contributed by atoms with E-state index < -0.39 is 17.7 Å². The molecule has 1 aliphatic rings. The fourth-order valence-electron chi connectivity index (χ4n) is 3.44. The Morgan fingerprint density at radius 1 is 1.23 bits per heavy atom. The number of halogens is 2. The van der Waals surface area contributed by atoms with Crippen LogP contribution in [-0.2, 0) is 21.0 Å². The van der Waals surface area contributed by atoms with Crippen molar-refractivity contribution in [1.29, 1.82) is 0 Å². The molecule has 0 fully saturated rings. The van der Waals surface area contributed by atoms with Crippen LogP contribution in [0.3, 0.4) is 0 Å². The normalized spacial score (nSPS) is 19.3. The summed E-state index contributed by atoms with van der Waals surface area (Å²) in [5.74, 6) is -1.13. The number of carboxylic acids is 1. The van der Waals surface area contributed by atoms with E-state index in [1.165, 1.54) is 0 Å². The van der Waals surface area contributed by atoms with Crippen molar-refractivity contribution in [3.8, 4) is 0 Å². The molecule has 160 valence electrons. The van der Waals surface area contributed by atoms with Crippen LogP contribution in [0.5, 0.6) is 0 Å². The number of unbranched alkanes of at least 4 members (excludes halogenated alkanes) is 1. The highest BCUT2D eigenvalue weighted by Gasteiger charge is 2.54. The van der Waals surface area contributed by atoms with Gasteiger partial charge in [-0.2, -0.15) is 0 Å². The van der Waals surface area contributed by atoms with Gasteiger partial charge in [-0.3, -0.25) is 0 Å². The molecule has 0 radical (unpaired) electrons. The number of oxime groups is 1. The van der Waals surface area contributed by atoms with Crippen molar-refractivity contribution in [2.24, 2.45) is 5.16 Å². The summed E-state index contributed by atoms with van der Waals surface area (Å²) in [7, 11) is 0. The lowest BCUT2D eigenvalue weighted by molar-refractivity contribution is -0.187. The number of carboxylic acid groups (broad SMARTS) is 1. The monoisotopic (exact) mass is 449 g/mol. The van der Waals surface area contributed by atoms with Crippen molar-refractivity contribution in [3.05, 3.63) is 69.2 Å². The third-order valence-electron chi connectivity index (χ3n) is 5.19. The zero-order valence-corrected chi connectivity index (χ0v) is 18.5. The van der Waals surface area contributed by atoms with Crippen molar-refractivity contribution >= 4 is 34.9 Å². The van der Waals surface area contributed by atoms with E-state index >= 15 is 0 Å². The van der Waals surface area contributed by atoms with Crippen LogP contribution in [0.25, 0.3) is 0 Å². The zero-order valence-electron chi connectivity index (χ0n) is 17.0. The number of carbonyl (C=O) groups is 1. The summed E-state index contributed by atoms with van der Waals surface area (Å²) in [4.78, 5) is 18.0. The molecule has 30 heavy (non-hydrogen) atoms. The number of hydrogen-bond donors (Lipinski definition) is 1. The Morgan fingerprint density at radius 2 is 1.97 bits per heavy atom. The smallest absolute Gasteiger partial charge is 0.354 e. The standard InChI is InChI=1S/C23H25Cl2NO4/c1-3-4-5-18-13-23(22(27)28,30-26-18)21(17-10-11-19(24)20(25)12-17)29-14-16-8-6-15(2)7-9-16/h6-12,21H,3-5,13-14H2,1-2H3,(H,27,28). The van der Waals surface area contributed by atoms with Gasteiger partial charge in [-0.05, 0) is 43.0 Å². The minimum Gasteiger partial charge on any atom is -0.478 e. The first kappa shape index (κ1) is 22.6. The highest BCUT2D eigenvalue weighted by molar-refractivity contribution is 6.42. The van der Waals surface area contributed by atoms with Crippen LogP contribution in [0, 0.1) is 6.92 Å². The molecule has 0 spiro atoms. The molecular formula is C23H25Cl2NO4. The number of hydrogen-bond acceptors (Lipinski definition) is 4. The van der Waals surface area contributed by atoms with Gasteiger partial charge in [0.2, 0.25) is 0 Å². The summed E-state index contributed by atoms with van der Waals surface area (Å²) in [6, 6.07) is 12.8. The molecule has 2 aromatic carbocycles. The third-order valence-corrected chi connectivity index (χ3v) is 5.93. The Morgan fingerprint density at radius 3 is 2.60 bits per heavy atom. The van der Waals surface area contributed by atoms with Gasteiger partial charge in [0.15, 0.2) is 0 Å². The van der Waals surface area contributed by atoms with Gasteiger partial charge >= 0.3 is 5.97 Å². The minimum absolute atomic E-state index is 0.154. The molecule has 2 aromatic rings. The molecule has 0 aromatic heterocycles. The zero-order chi connectivity index (χ0) is 21.7. The first-order valence-electron chi connectivity index (χ1n) is 9.95. The first-order valence-corrected chi connectivity index (χ1v) is 10.7. The molecule has 1 aliphatic heterocycles. The summed E-state index contributed by atoms with van der Waals surface area (Å²) >= 11 is 12.3. The molecule has 3 rings (SSSR count). The Labute approximate surface area is 186 Å². The van der Waals surface area contributed by atoms with Crippen LogP contribution in [0.1, 0.15) is 55.4 Å². The number of ether oxygens (including phenoxy) is 1. The quantitative estimate of drug-likeness (QED) is 0.484. The second-order valence-corrected chi connectivity index (χ2v) is 8.39. The van der Waals surface area contributed by atoms with Gasteiger partial charge < -0.3 is 14.7 Å². The summed E-state index contributed by atoms with van der Waals surface area (Å²) in [5.41, 5.74) is 1.70. The second kappa shape index (κ2) is 9.82. The van der Waals surface area contributed by atoms with E-state index in [1.54, 1.807) is 18.2 Å². The van der Waals surface area contributed by atoms with Crippen molar-refractivity contribution < 1.29 is 19.5 Å². The first-order chi connectivity index (χ1) is 14.4. The predicted molar refractivity (Wildman–Crippen MR) is 118 cm³/mol. The van der Waals surface area contributed by atoms with E-state index in [9.17, 15) is 9.90 Å². The van der Waals surface area contributed by atoms with Gasteiger partial charge in [-0.1, -0.05) is 77.6 Å². The topological polar surface area (TPSA) is 68.1 Å². The lowest BCUT2D eigenvalue weighted by atomic mass is 9.85. The van der Waals surface area contributed by atoms with Gasteiger partial charge in [0.1, 0.15) is 6.10 Å².